The highest BCUT2D eigenvalue weighted by molar-refractivity contribution is 5.72. The van der Waals surface area contributed by atoms with Crippen molar-refractivity contribution in [2.45, 2.75) is 12.8 Å². The van der Waals surface area contributed by atoms with E-state index in [9.17, 15) is 4.79 Å². The summed E-state index contributed by atoms with van der Waals surface area (Å²) in [5.41, 5.74) is 0. The SMILES string of the molecule is NN.O=C(O)C1CC1. The molecule has 0 bridgehead atoms. The molecule has 0 aliphatic heterocycles. The number of nitrogens with two attached hydrogens (primary N) is 2. The van der Waals surface area contributed by atoms with E-state index in [-0.39, 0.29) is 5.92 Å². The minimum Gasteiger partial charge on any atom is -0.481 e. The maximum atomic E-state index is 9.76. The minimum atomic E-state index is -0.630. The number of carboxylic acid groups (broad SMARTS) is 1. The molecule has 1 aliphatic carbocycles. The standard InChI is InChI=1S/C4H6O2.H4N2/c5-4(6)3-1-2-3;1-2/h3H,1-2H2,(H,5,6);1-2H2. The summed E-state index contributed by atoms with van der Waals surface area (Å²) < 4.78 is 0. The average Bonchev–Trinajstić information content (AvgIpc) is 2.50. The fourth-order valence-electron chi connectivity index (χ4n) is 0.330. The van der Waals surface area contributed by atoms with Crippen LogP contribution in [0.15, 0.2) is 0 Å². The van der Waals surface area contributed by atoms with Gasteiger partial charge in [0.25, 0.3) is 0 Å². The van der Waals surface area contributed by atoms with Gasteiger partial charge in [-0.15, -0.1) is 0 Å². The third-order valence-corrected chi connectivity index (χ3v) is 0.927. The quantitative estimate of drug-likeness (QED) is 0.313. The van der Waals surface area contributed by atoms with E-state index in [1.807, 2.05) is 0 Å². The monoisotopic (exact) mass is 118 g/mol. The van der Waals surface area contributed by atoms with Crippen molar-refractivity contribution in [1.29, 1.82) is 0 Å². The first-order chi connectivity index (χ1) is 3.80. The van der Waals surface area contributed by atoms with Crippen molar-refractivity contribution in [2.75, 3.05) is 0 Å². The Balaban J connectivity index is 0.000000222. The summed E-state index contributed by atoms with van der Waals surface area (Å²) in [6, 6.07) is 0. The summed E-state index contributed by atoms with van der Waals surface area (Å²) in [5.74, 6) is 7.39. The molecule has 0 saturated heterocycles. The van der Waals surface area contributed by atoms with Crippen molar-refractivity contribution in [1.82, 2.24) is 0 Å². The van der Waals surface area contributed by atoms with Crippen molar-refractivity contribution < 1.29 is 9.90 Å². The highest BCUT2D eigenvalue weighted by atomic mass is 16.4. The molecule has 4 heteroatoms. The Labute approximate surface area is 47.4 Å². The molecule has 0 aromatic heterocycles. The molecule has 0 amide bonds. The molecule has 0 unspecified atom stereocenters. The lowest BCUT2D eigenvalue weighted by molar-refractivity contribution is -0.138. The molecule has 0 aromatic carbocycles. The van der Waals surface area contributed by atoms with Crippen molar-refractivity contribution in [3.05, 3.63) is 0 Å². The molecule has 0 radical (unpaired) electrons. The van der Waals surface area contributed by atoms with E-state index in [1.165, 1.54) is 0 Å². The number of hydrogen-bond donors (Lipinski definition) is 3. The van der Waals surface area contributed by atoms with Gasteiger partial charge in [0.05, 0.1) is 5.92 Å². The van der Waals surface area contributed by atoms with Gasteiger partial charge in [0.15, 0.2) is 0 Å². The zero-order valence-corrected chi connectivity index (χ0v) is 4.50. The molecule has 0 spiro atoms. The first-order valence-electron chi connectivity index (χ1n) is 2.37. The highest BCUT2D eigenvalue weighted by Gasteiger charge is 2.28. The lowest BCUT2D eigenvalue weighted by Gasteiger charge is -1.75. The van der Waals surface area contributed by atoms with Gasteiger partial charge in [-0.05, 0) is 12.8 Å². The Morgan fingerprint density at radius 1 is 1.50 bits per heavy atom. The number of hydrogen-bond acceptors (Lipinski definition) is 3. The van der Waals surface area contributed by atoms with Crippen molar-refractivity contribution in [3.63, 3.8) is 0 Å². The molecule has 0 heterocycles. The van der Waals surface area contributed by atoms with E-state index in [2.05, 4.69) is 11.7 Å². The molecule has 5 N–H and O–H groups in total. The Hall–Kier alpha value is -0.610. The van der Waals surface area contributed by atoms with Gasteiger partial charge >= 0.3 is 5.97 Å². The van der Waals surface area contributed by atoms with Gasteiger partial charge in [0.2, 0.25) is 0 Å². The van der Waals surface area contributed by atoms with Crippen LogP contribution in [0.25, 0.3) is 0 Å². The number of rotatable bonds is 1. The highest BCUT2D eigenvalue weighted by Crippen LogP contribution is 2.28. The maximum absolute atomic E-state index is 9.76. The second-order valence-corrected chi connectivity index (χ2v) is 1.61. The van der Waals surface area contributed by atoms with Gasteiger partial charge in [0, 0.05) is 0 Å². The first kappa shape index (κ1) is 7.39. The van der Waals surface area contributed by atoms with Crippen molar-refractivity contribution >= 4 is 5.97 Å². The minimum absolute atomic E-state index is 0.0185. The predicted octanol–water partition coefficient (Wildman–Crippen LogP) is -0.700. The molecule has 48 valence electrons. The topological polar surface area (TPSA) is 89.3 Å². The van der Waals surface area contributed by atoms with E-state index < -0.39 is 5.97 Å². The van der Waals surface area contributed by atoms with Crippen LogP contribution in [-0.2, 0) is 4.79 Å². The molecule has 0 atom stereocenters. The number of carboxylic acids is 1. The zero-order chi connectivity index (χ0) is 6.57. The molecular formula is C4H10N2O2. The zero-order valence-electron chi connectivity index (χ0n) is 4.50. The fraction of sp³-hybridized carbons (Fsp3) is 0.750. The van der Waals surface area contributed by atoms with Crippen LogP contribution < -0.4 is 11.7 Å². The number of carbonyl (C=O) groups is 1. The van der Waals surface area contributed by atoms with Crippen LogP contribution in [0.1, 0.15) is 12.8 Å². The Morgan fingerprint density at radius 2 is 1.88 bits per heavy atom. The first-order valence-corrected chi connectivity index (χ1v) is 2.37. The van der Waals surface area contributed by atoms with E-state index in [0.717, 1.165) is 12.8 Å². The van der Waals surface area contributed by atoms with E-state index in [0.29, 0.717) is 0 Å². The summed E-state index contributed by atoms with van der Waals surface area (Å²) in [6.45, 7) is 0. The lowest BCUT2D eigenvalue weighted by Crippen LogP contribution is -2.02. The van der Waals surface area contributed by atoms with Crippen LogP contribution in [0.2, 0.25) is 0 Å². The molecule has 1 aliphatic rings. The molecule has 1 fully saturated rings. The van der Waals surface area contributed by atoms with Crippen molar-refractivity contribution in [3.8, 4) is 0 Å². The molecular weight excluding hydrogens is 108 g/mol. The van der Waals surface area contributed by atoms with Crippen molar-refractivity contribution in [2.24, 2.45) is 17.6 Å². The number of aliphatic carboxylic acids is 1. The molecule has 0 aromatic rings. The third-order valence-electron chi connectivity index (χ3n) is 0.927. The van der Waals surface area contributed by atoms with Crippen LogP contribution in [0, 0.1) is 5.92 Å². The van der Waals surface area contributed by atoms with E-state index in [4.69, 9.17) is 5.11 Å². The van der Waals surface area contributed by atoms with E-state index in [1.54, 1.807) is 0 Å². The number of hydrazine groups is 1. The Bertz CT molecular complexity index is 80.1. The van der Waals surface area contributed by atoms with Gasteiger partial charge in [-0.2, -0.15) is 0 Å². The Kier molecular flexibility index (Phi) is 3.14. The third kappa shape index (κ3) is 2.54. The second-order valence-electron chi connectivity index (χ2n) is 1.61. The van der Waals surface area contributed by atoms with Gasteiger partial charge in [-0.3, -0.25) is 16.5 Å². The summed E-state index contributed by atoms with van der Waals surface area (Å²) in [7, 11) is 0. The Morgan fingerprint density at radius 3 is 1.88 bits per heavy atom. The summed E-state index contributed by atoms with van der Waals surface area (Å²) >= 11 is 0. The normalized spacial score (nSPS) is 16.2. The largest absolute Gasteiger partial charge is 0.481 e. The van der Waals surface area contributed by atoms with Crippen LogP contribution in [0.4, 0.5) is 0 Å². The lowest BCUT2D eigenvalue weighted by atomic mass is 10.5. The predicted molar refractivity (Wildman–Crippen MR) is 28.7 cm³/mol. The molecule has 8 heavy (non-hydrogen) atoms. The molecule has 4 nitrogen and oxygen atoms in total. The maximum Gasteiger partial charge on any atom is 0.306 e. The van der Waals surface area contributed by atoms with Crippen LogP contribution in [-0.4, -0.2) is 11.1 Å². The second kappa shape index (κ2) is 3.40. The van der Waals surface area contributed by atoms with Crippen LogP contribution in [0.3, 0.4) is 0 Å². The average molecular weight is 118 g/mol. The molecule has 1 saturated carbocycles. The fourth-order valence-corrected chi connectivity index (χ4v) is 0.330. The van der Waals surface area contributed by atoms with Gasteiger partial charge in [0.1, 0.15) is 0 Å². The van der Waals surface area contributed by atoms with E-state index >= 15 is 0 Å². The van der Waals surface area contributed by atoms with Crippen LogP contribution >= 0.6 is 0 Å². The summed E-state index contributed by atoms with van der Waals surface area (Å²) in [6.07, 6.45) is 1.80. The molecule has 1 rings (SSSR count). The smallest absolute Gasteiger partial charge is 0.306 e. The van der Waals surface area contributed by atoms with Crippen LogP contribution in [0.5, 0.6) is 0 Å². The summed E-state index contributed by atoms with van der Waals surface area (Å²) in [4.78, 5) is 9.76. The van der Waals surface area contributed by atoms with Gasteiger partial charge < -0.3 is 5.11 Å². The summed E-state index contributed by atoms with van der Waals surface area (Å²) in [5, 5.41) is 8.05. The van der Waals surface area contributed by atoms with Gasteiger partial charge in [-0.1, -0.05) is 0 Å². The van der Waals surface area contributed by atoms with Gasteiger partial charge in [-0.25, -0.2) is 0 Å².